The van der Waals surface area contributed by atoms with Crippen LogP contribution < -0.4 is 0 Å². The molecule has 0 unspecified atom stereocenters. The van der Waals surface area contributed by atoms with E-state index in [1.807, 2.05) is 41.8 Å². The highest BCUT2D eigenvalue weighted by Gasteiger charge is 2.17. The maximum atomic E-state index is 12.4. The predicted octanol–water partition coefficient (Wildman–Crippen LogP) is 5.40. The van der Waals surface area contributed by atoms with Crippen molar-refractivity contribution < 1.29 is 10.0 Å². The SMILES string of the molecule is CCCCCCC(=NO)C(=O)c1cc(-c2ccccc2)cs1. The Morgan fingerprint density at radius 1 is 1.14 bits per heavy atom. The third-order valence-electron chi connectivity index (χ3n) is 3.58. The van der Waals surface area contributed by atoms with Gasteiger partial charge in [0.25, 0.3) is 0 Å². The molecule has 116 valence electrons. The molecule has 0 aliphatic heterocycles. The normalized spacial score (nSPS) is 11.6. The van der Waals surface area contributed by atoms with Crippen molar-refractivity contribution in [1.29, 1.82) is 0 Å². The number of ketones is 1. The first-order valence-electron chi connectivity index (χ1n) is 7.65. The van der Waals surface area contributed by atoms with Crippen molar-refractivity contribution >= 4 is 22.8 Å². The Kier molecular flexibility index (Phi) is 6.34. The van der Waals surface area contributed by atoms with Gasteiger partial charge in [-0.1, -0.05) is 61.7 Å². The van der Waals surface area contributed by atoms with E-state index >= 15 is 0 Å². The third-order valence-corrected chi connectivity index (χ3v) is 4.51. The summed E-state index contributed by atoms with van der Waals surface area (Å²) in [5.74, 6) is -0.161. The van der Waals surface area contributed by atoms with Crippen molar-refractivity contribution in [2.45, 2.75) is 39.0 Å². The largest absolute Gasteiger partial charge is 0.411 e. The van der Waals surface area contributed by atoms with Crippen LogP contribution in [-0.2, 0) is 0 Å². The van der Waals surface area contributed by atoms with Gasteiger partial charge >= 0.3 is 0 Å². The summed E-state index contributed by atoms with van der Waals surface area (Å²) in [7, 11) is 0. The molecule has 1 aromatic carbocycles. The van der Waals surface area contributed by atoms with Crippen molar-refractivity contribution in [1.82, 2.24) is 0 Å². The van der Waals surface area contributed by atoms with E-state index in [0.717, 1.165) is 36.8 Å². The Hall–Kier alpha value is -1.94. The smallest absolute Gasteiger partial charge is 0.220 e. The van der Waals surface area contributed by atoms with Crippen LogP contribution in [0.25, 0.3) is 11.1 Å². The van der Waals surface area contributed by atoms with Crippen molar-refractivity contribution in [3.8, 4) is 11.1 Å². The molecule has 0 spiro atoms. The van der Waals surface area contributed by atoms with Crippen molar-refractivity contribution in [3.05, 3.63) is 46.7 Å². The van der Waals surface area contributed by atoms with Gasteiger partial charge in [-0.05, 0) is 35.4 Å². The fraction of sp³-hybridized carbons (Fsp3) is 0.333. The van der Waals surface area contributed by atoms with E-state index in [0.29, 0.717) is 11.3 Å². The van der Waals surface area contributed by atoms with Crippen molar-refractivity contribution in [3.63, 3.8) is 0 Å². The fourth-order valence-electron chi connectivity index (χ4n) is 2.31. The molecule has 3 nitrogen and oxygen atoms in total. The monoisotopic (exact) mass is 315 g/mol. The third kappa shape index (κ3) is 4.28. The molecule has 1 N–H and O–H groups in total. The van der Waals surface area contributed by atoms with E-state index in [-0.39, 0.29) is 11.5 Å². The van der Waals surface area contributed by atoms with Crippen LogP contribution in [0.3, 0.4) is 0 Å². The topological polar surface area (TPSA) is 49.7 Å². The minimum Gasteiger partial charge on any atom is -0.411 e. The number of unbranched alkanes of at least 4 members (excludes halogenated alkanes) is 3. The van der Waals surface area contributed by atoms with Crippen molar-refractivity contribution in [2.75, 3.05) is 0 Å². The lowest BCUT2D eigenvalue weighted by atomic mass is 10.0. The molecule has 2 rings (SSSR count). The van der Waals surface area contributed by atoms with E-state index in [2.05, 4.69) is 12.1 Å². The summed E-state index contributed by atoms with van der Waals surface area (Å²) >= 11 is 1.40. The average Bonchev–Trinajstić information content (AvgIpc) is 3.05. The maximum absolute atomic E-state index is 12.4. The van der Waals surface area contributed by atoms with Gasteiger partial charge in [0, 0.05) is 0 Å². The van der Waals surface area contributed by atoms with Crippen LogP contribution in [0.1, 0.15) is 48.7 Å². The van der Waals surface area contributed by atoms with Gasteiger partial charge in [-0.2, -0.15) is 0 Å². The average molecular weight is 315 g/mol. The first-order chi connectivity index (χ1) is 10.8. The predicted molar refractivity (Wildman–Crippen MR) is 92.1 cm³/mol. The Labute approximate surface area is 135 Å². The van der Waals surface area contributed by atoms with E-state index in [1.165, 1.54) is 11.3 Å². The highest BCUT2D eigenvalue weighted by Crippen LogP contribution is 2.26. The molecular weight excluding hydrogens is 294 g/mol. The molecule has 0 saturated heterocycles. The van der Waals surface area contributed by atoms with Gasteiger partial charge in [0.15, 0.2) is 0 Å². The number of oxime groups is 1. The van der Waals surface area contributed by atoms with E-state index < -0.39 is 0 Å². The maximum Gasteiger partial charge on any atom is 0.220 e. The van der Waals surface area contributed by atoms with Crippen LogP contribution in [0.5, 0.6) is 0 Å². The van der Waals surface area contributed by atoms with Crippen LogP contribution >= 0.6 is 11.3 Å². The molecule has 0 bridgehead atoms. The van der Waals surface area contributed by atoms with E-state index in [9.17, 15) is 4.79 Å². The minimum atomic E-state index is -0.161. The van der Waals surface area contributed by atoms with Gasteiger partial charge in [0.1, 0.15) is 5.71 Å². The molecule has 22 heavy (non-hydrogen) atoms. The van der Waals surface area contributed by atoms with Crippen LogP contribution in [0.2, 0.25) is 0 Å². The number of rotatable bonds is 8. The standard InChI is InChI=1S/C18H21NO2S/c1-2-3-4-8-11-16(19-21)18(20)17-12-15(13-22-17)14-9-6-5-7-10-14/h5-7,9-10,12-13,21H,2-4,8,11H2,1H3. The Morgan fingerprint density at radius 3 is 2.59 bits per heavy atom. The second-order valence-corrected chi connectivity index (χ2v) is 6.16. The second-order valence-electron chi connectivity index (χ2n) is 5.25. The summed E-state index contributed by atoms with van der Waals surface area (Å²) in [6, 6.07) is 11.8. The molecule has 4 heteroatoms. The lowest BCUT2D eigenvalue weighted by Gasteiger charge is -2.02. The number of benzene rings is 1. The molecule has 0 saturated carbocycles. The number of carbonyl (C=O) groups is 1. The first-order valence-corrected chi connectivity index (χ1v) is 8.53. The number of Topliss-reactive ketones (excluding diaryl/α,β-unsaturated/α-hetero) is 1. The molecule has 0 fully saturated rings. The summed E-state index contributed by atoms with van der Waals surface area (Å²) < 4.78 is 0. The van der Waals surface area contributed by atoms with Crippen molar-refractivity contribution in [2.24, 2.45) is 5.16 Å². The lowest BCUT2D eigenvalue weighted by molar-refractivity contribution is 0.106. The number of nitrogens with zero attached hydrogens (tertiary/aromatic N) is 1. The Bertz CT molecular complexity index is 632. The highest BCUT2D eigenvalue weighted by atomic mass is 32.1. The lowest BCUT2D eigenvalue weighted by Crippen LogP contribution is -2.13. The van der Waals surface area contributed by atoms with Crippen LogP contribution in [0.15, 0.2) is 46.9 Å². The number of carbonyl (C=O) groups excluding carboxylic acids is 1. The molecule has 0 amide bonds. The summed E-state index contributed by atoms with van der Waals surface area (Å²) in [4.78, 5) is 13.0. The molecular formula is C18H21NO2S. The second kappa shape index (κ2) is 8.49. The van der Waals surface area contributed by atoms with Gasteiger partial charge in [0.05, 0.1) is 4.88 Å². The zero-order chi connectivity index (χ0) is 15.8. The van der Waals surface area contributed by atoms with E-state index in [4.69, 9.17) is 5.21 Å². The fourth-order valence-corrected chi connectivity index (χ4v) is 3.19. The van der Waals surface area contributed by atoms with E-state index in [1.54, 1.807) is 0 Å². The minimum absolute atomic E-state index is 0.161. The molecule has 2 aromatic rings. The number of hydrogen-bond donors (Lipinski definition) is 1. The molecule has 0 radical (unpaired) electrons. The summed E-state index contributed by atoms with van der Waals surface area (Å²) in [6.45, 7) is 2.14. The van der Waals surface area contributed by atoms with Crippen LogP contribution in [-0.4, -0.2) is 16.7 Å². The zero-order valence-electron chi connectivity index (χ0n) is 12.8. The summed E-state index contributed by atoms with van der Waals surface area (Å²) in [5, 5.41) is 14.3. The van der Waals surface area contributed by atoms with Gasteiger partial charge in [-0.15, -0.1) is 11.3 Å². The van der Waals surface area contributed by atoms with Crippen LogP contribution in [0.4, 0.5) is 0 Å². The number of thiophene rings is 1. The Morgan fingerprint density at radius 2 is 1.91 bits per heavy atom. The molecule has 0 aliphatic rings. The quantitative estimate of drug-likeness (QED) is 0.233. The van der Waals surface area contributed by atoms with Gasteiger partial charge in [0.2, 0.25) is 5.78 Å². The zero-order valence-corrected chi connectivity index (χ0v) is 13.6. The van der Waals surface area contributed by atoms with Gasteiger partial charge in [-0.3, -0.25) is 4.79 Å². The Balaban J connectivity index is 2.04. The first kappa shape index (κ1) is 16.4. The van der Waals surface area contributed by atoms with Gasteiger partial charge in [-0.25, -0.2) is 0 Å². The summed E-state index contributed by atoms with van der Waals surface area (Å²) in [5.41, 5.74) is 2.37. The number of hydrogen-bond acceptors (Lipinski definition) is 4. The molecule has 0 aliphatic carbocycles. The highest BCUT2D eigenvalue weighted by molar-refractivity contribution is 7.13. The van der Waals surface area contributed by atoms with Crippen LogP contribution in [0, 0.1) is 0 Å². The molecule has 1 aromatic heterocycles. The molecule has 1 heterocycles. The summed E-state index contributed by atoms with van der Waals surface area (Å²) in [6.07, 6.45) is 4.77. The molecule has 0 atom stereocenters. The van der Waals surface area contributed by atoms with Gasteiger partial charge < -0.3 is 5.21 Å².